The van der Waals surface area contributed by atoms with Gasteiger partial charge >= 0.3 is 6.09 Å². The highest BCUT2D eigenvalue weighted by molar-refractivity contribution is 14.0. The van der Waals surface area contributed by atoms with Crippen LogP contribution in [0.25, 0.3) is 0 Å². The van der Waals surface area contributed by atoms with Crippen molar-refractivity contribution >= 4 is 36.0 Å². The number of alkyl carbamates (subject to hydrolysis) is 1. The molecule has 0 bridgehead atoms. The van der Waals surface area contributed by atoms with Gasteiger partial charge in [0.15, 0.2) is 5.96 Å². The lowest BCUT2D eigenvalue weighted by atomic mass is 10.1. The highest BCUT2D eigenvalue weighted by Crippen LogP contribution is 2.21. The van der Waals surface area contributed by atoms with Crippen molar-refractivity contribution in [2.24, 2.45) is 4.99 Å². The normalized spacial score (nSPS) is 23.5. The Kier molecular flexibility index (Phi) is 12.3. The molecular weight excluding hydrogens is 499 g/mol. The molecule has 8 nitrogen and oxygen atoms in total. The molecule has 0 radical (unpaired) electrons. The zero-order valence-electron chi connectivity index (χ0n) is 19.2. The Morgan fingerprint density at radius 1 is 1.23 bits per heavy atom. The van der Waals surface area contributed by atoms with Gasteiger partial charge in [0.2, 0.25) is 0 Å². The zero-order chi connectivity index (χ0) is 21.3. The Hall–Kier alpha value is -0.810. The Labute approximate surface area is 198 Å². The van der Waals surface area contributed by atoms with E-state index in [1.165, 1.54) is 0 Å². The number of halogens is 1. The van der Waals surface area contributed by atoms with Crippen molar-refractivity contribution in [2.75, 3.05) is 39.4 Å². The molecule has 2 aliphatic rings. The summed E-state index contributed by atoms with van der Waals surface area (Å²) in [4.78, 5) is 19.2. The maximum Gasteiger partial charge on any atom is 0.407 e. The van der Waals surface area contributed by atoms with Gasteiger partial charge in [-0.2, -0.15) is 0 Å². The molecule has 0 aliphatic carbocycles. The van der Waals surface area contributed by atoms with Gasteiger partial charge in [-0.1, -0.05) is 13.3 Å². The number of amides is 1. The molecule has 30 heavy (non-hydrogen) atoms. The zero-order valence-corrected chi connectivity index (χ0v) is 21.6. The van der Waals surface area contributed by atoms with Crippen molar-refractivity contribution in [1.29, 1.82) is 0 Å². The van der Waals surface area contributed by atoms with Crippen molar-refractivity contribution in [3.05, 3.63) is 0 Å². The van der Waals surface area contributed by atoms with Gasteiger partial charge in [0, 0.05) is 26.2 Å². The van der Waals surface area contributed by atoms with Crippen LogP contribution in [0.3, 0.4) is 0 Å². The third-order valence-corrected chi connectivity index (χ3v) is 4.93. The number of guanidine groups is 1. The average molecular weight is 540 g/mol. The number of morpholine rings is 1. The molecular formula is C21H41IN4O4. The third-order valence-electron chi connectivity index (χ3n) is 4.93. The molecule has 0 aromatic heterocycles. The van der Waals surface area contributed by atoms with Crippen molar-refractivity contribution in [1.82, 2.24) is 15.5 Å². The number of carbonyl (C=O) groups is 1. The van der Waals surface area contributed by atoms with Gasteiger partial charge in [-0.05, 0) is 47.0 Å². The summed E-state index contributed by atoms with van der Waals surface area (Å²) in [6.07, 6.45) is 3.86. The molecule has 2 N–H and O–H groups in total. The first-order valence-corrected chi connectivity index (χ1v) is 11.1. The van der Waals surface area contributed by atoms with Crippen LogP contribution in [-0.2, 0) is 14.2 Å². The number of ether oxygens (including phenoxy) is 3. The van der Waals surface area contributed by atoms with Crippen molar-refractivity contribution in [3.8, 4) is 0 Å². The molecule has 2 aliphatic heterocycles. The highest BCUT2D eigenvalue weighted by atomic mass is 127. The molecule has 2 heterocycles. The van der Waals surface area contributed by atoms with Crippen molar-refractivity contribution in [2.45, 2.75) is 84.2 Å². The van der Waals surface area contributed by atoms with E-state index in [-0.39, 0.29) is 48.3 Å². The van der Waals surface area contributed by atoms with Gasteiger partial charge in [-0.15, -0.1) is 24.0 Å². The van der Waals surface area contributed by atoms with E-state index in [0.29, 0.717) is 13.2 Å². The van der Waals surface area contributed by atoms with Gasteiger partial charge in [0.05, 0.1) is 25.3 Å². The Morgan fingerprint density at radius 2 is 1.97 bits per heavy atom. The largest absolute Gasteiger partial charge is 0.444 e. The lowest BCUT2D eigenvalue weighted by molar-refractivity contribution is -0.0817. The van der Waals surface area contributed by atoms with Crippen LogP contribution in [0.15, 0.2) is 4.99 Å². The van der Waals surface area contributed by atoms with E-state index in [9.17, 15) is 4.79 Å². The second-order valence-corrected chi connectivity index (χ2v) is 8.73. The van der Waals surface area contributed by atoms with Crippen LogP contribution >= 0.6 is 24.0 Å². The van der Waals surface area contributed by atoms with E-state index < -0.39 is 5.60 Å². The van der Waals surface area contributed by atoms with Gasteiger partial charge in [0.1, 0.15) is 11.7 Å². The maximum atomic E-state index is 12.2. The summed E-state index contributed by atoms with van der Waals surface area (Å²) in [6, 6.07) is -0.0569. The Balaban J connectivity index is 0.00000450. The average Bonchev–Trinajstić information content (AvgIpc) is 3.18. The molecule has 0 aromatic carbocycles. The first-order chi connectivity index (χ1) is 13.8. The van der Waals surface area contributed by atoms with Gasteiger partial charge in [-0.25, -0.2) is 4.79 Å². The Morgan fingerprint density at radius 3 is 2.57 bits per heavy atom. The SMILES string of the molecule is CCCC(CN=C(NCC)N1CCOC(C2CCCO2)C1)NC(=O)OC(C)(C)C.I. The van der Waals surface area contributed by atoms with Crippen LogP contribution in [0.2, 0.25) is 0 Å². The van der Waals surface area contributed by atoms with E-state index in [1.54, 1.807) is 0 Å². The minimum absolute atomic E-state index is 0. The molecule has 3 unspecified atom stereocenters. The molecule has 0 spiro atoms. The van der Waals surface area contributed by atoms with Gasteiger partial charge in [0.25, 0.3) is 0 Å². The summed E-state index contributed by atoms with van der Waals surface area (Å²) in [5.74, 6) is 0.867. The summed E-state index contributed by atoms with van der Waals surface area (Å²) >= 11 is 0. The first kappa shape index (κ1) is 27.2. The number of hydrogen-bond donors (Lipinski definition) is 2. The maximum absolute atomic E-state index is 12.2. The number of nitrogens with one attached hydrogen (secondary N) is 2. The molecule has 2 fully saturated rings. The number of aliphatic imine (C=N–C) groups is 1. The van der Waals surface area contributed by atoms with Crippen LogP contribution < -0.4 is 10.6 Å². The predicted molar refractivity (Wildman–Crippen MR) is 130 cm³/mol. The molecule has 2 saturated heterocycles. The van der Waals surface area contributed by atoms with Crippen LogP contribution in [0, 0.1) is 0 Å². The second-order valence-electron chi connectivity index (χ2n) is 8.73. The van der Waals surface area contributed by atoms with Crippen LogP contribution in [0.5, 0.6) is 0 Å². The molecule has 0 saturated carbocycles. The number of nitrogens with zero attached hydrogens (tertiary/aromatic N) is 2. The topological polar surface area (TPSA) is 84.4 Å². The molecule has 2 rings (SSSR count). The monoisotopic (exact) mass is 540 g/mol. The van der Waals surface area contributed by atoms with E-state index in [1.807, 2.05) is 20.8 Å². The first-order valence-electron chi connectivity index (χ1n) is 11.1. The molecule has 3 atom stereocenters. The van der Waals surface area contributed by atoms with Gasteiger partial charge < -0.3 is 29.7 Å². The lowest BCUT2D eigenvalue weighted by Crippen LogP contribution is -2.53. The lowest BCUT2D eigenvalue weighted by Gasteiger charge is -2.37. The summed E-state index contributed by atoms with van der Waals surface area (Å²) in [5.41, 5.74) is -0.510. The summed E-state index contributed by atoms with van der Waals surface area (Å²) in [5, 5.41) is 6.36. The van der Waals surface area contributed by atoms with E-state index in [0.717, 1.165) is 57.9 Å². The predicted octanol–water partition coefficient (Wildman–Crippen LogP) is 3.14. The molecule has 9 heteroatoms. The quantitative estimate of drug-likeness (QED) is 0.293. The van der Waals surface area contributed by atoms with Gasteiger partial charge in [-0.3, -0.25) is 4.99 Å². The molecule has 0 aromatic rings. The van der Waals surface area contributed by atoms with Crippen LogP contribution in [0.1, 0.15) is 60.3 Å². The van der Waals surface area contributed by atoms with Crippen LogP contribution in [-0.4, -0.2) is 80.2 Å². The minimum Gasteiger partial charge on any atom is -0.444 e. The number of hydrogen-bond acceptors (Lipinski definition) is 5. The number of carbonyl (C=O) groups excluding carboxylic acids is 1. The summed E-state index contributed by atoms with van der Waals surface area (Å²) in [6.45, 7) is 14.1. The Bertz CT molecular complexity index is 536. The summed E-state index contributed by atoms with van der Waals surface area (Å²) in [7, 11) is 0. The van der Waals surface area contributed by atoms with Crippen molar-refractivity contribution < 1.29 is 19.0 Å². The fraction of sp³-hybridized carbons (Fsp3) is 0.905. The molecule has 176 valence electrons. The fourth-order valence-corrected chi connectivity index (χ4v) is 3.64. The highest BCUT2D eigenvalue weighted by Gasteiger charge is 2.32. The van der Waals surface area contributed by atoms with E-state index >= 15 is 0 Å². The van der Waals surface area contributed by atoms with E-state index in [2.05, 4.69) is 29.4 Å². The smallest absolute Gasteiger partial charge is 0.407 e. The fourth-order valence-electron chi connectivity index (χ4n) is 3.64. The summed E-state index contributed by atoms with van der Waals surface area (Å²) < 4.78 is 17.2. The van der Waals surface area contributed by atoms with Crippen LogP contribution in [0.4, 0.5) is 4.79 Å². The second kappa shape index (κ2) is 13.6. The van der Waals surface area contributed by atoms with E-state index in [4.69, 9.17) is 19.2 Å². The molecule has 1 amide bonds. The third kappa shape index (κ3) is 9.55. The minimum atomic E-state index is -0.510. The standard InChI is InChI=1S/C21H40N4O4.HI/c1-6-9-16(24-20(26)29-21(3,4)5)14-23-19(22-7-2)25-11-13-28-18(15-25)17-10-8-12-27-17;/h16-18H,6-15H2,1-5H3,(H,22,23)(H,24,26);1H. The number of rotatable bonds is 7. The van der Waals surface area contributed by atoms with Crippen molar-refractivity contribution in [3.63, 3.8) is 0 Å².